The topological polar surface area (TPSA) is 55.1 Å². The Hall–Kier alpha value is -2.00. The fraction of sp³-hybridized carbons (Fsp3) is 0.188. The number of anilines is 1. The first-order chi connectivity index (χ1) is 9.56. The van der Waals surface area contributed by atoms with E-state index >= 15 is 0 Å². The monoisotopic (exact) mass is 288 g/mol. The van der Waals surface area contributed by atoms with Gasteiger partial charge in [0.25, 0.3) is 0 Å². The first kappa shape index (κ1) is 14.4. The maximum absolute atomic E-state index is 11.1. The van der Waals surface area contributed by atoms with Crippen LogP contribution in [0.1, 0.15) is 16.7 Å². The molecule has 3 N–H and O–H groups in total. The highest BCUT2D eigenvalue weighted by molar-refractivity contribution is 6.31. The minimum Gasteiger partial charge on any atom is -0.381 e. The number of primary amides is 1. The Kier molecular flexibility index (Phi) is 4.64. The molecule has 0 fully saturated rings. The Bertz CT molecular complexity index is 626. The van der Waals surface area contributed by atoms with Gasteiger partial charge in [-0.05, 0) is 35.7 Å². The quantitative estimate of drug-likeness (QED) is 0.887. The Morgan fingerprint density at radius 3 is 2.70 bits per heavy atom. The van der Waals surface area contributed by atoms with E-state index in [0.717, 1.165) is 27.4 Å². The van der Waals surface area contributed by atoms with Crippen LogP contribution in [0.25, 0.3) is 0 Å². The summed E-state index contributed by atoms with van der Waals surface area (Å²) >= 11 is 6.11. The number of benzene rings is 2. The molecule has 0 spiro atoms. The maximum Gasteiger partial charge on any atom is 0.221 e. The first-order valence-corrected chi connectivity index (χ1v) is 6.79. The van der Waals surface area contributed by atoms with Crippen LogP contribution in [0.2, 0.25) is 5.02 Å². The van der Waals surface area contributed by atoms with Crippen molar-refractivity contribution < 1.29 is 4.79 Å². The number of nitrogens with one attached hydrogen (secondary N) is 1. The second-order valence-electron chi connectivity index (χ2n) is 4.74. The predicted octanol–water partition coefficient (Wildman–Crippen LogP) is 3.29. The largest absolute Gasteiger partial charge is 0.381 e. The number of rotatable bonds is 5. The molecule has 0 radical (unpaired) electrons. The third-order valence-corrected chi connectivity index (χ3v) is 3.51. The molecule has 0 bridgehead atoms. The van der Waals surface area contributed by atoms with Crippen molar-refractivity contribution in [2.24, 2.45) is 5.73 Å². The minimum absolute atomic E-state index is 0.234. The van der Waals surface area contributed by atoms with Crippen LogP contribution in [-0.4, -0.2) is 5.91 Å². The van der Waals surface area contributed by atoms with Crippen LogP contribution in [0.15, 0.2) is 42.5 Å². The summed E-state index contributed by atoms with van der Waals surface area (Å²) in [6.45, 7) is 2.62. The van der Waals surface area contributed by atoms with Gasteiger partial charge in [0.05, 0.1) is 6.42 Å². The number of para-hydroxylation sites is 1. The zero-order valence-corrected chi connectivity index (χ0v) is 12.1. The van der Waals surface area contributed by atoms with Gasteiger partial charge in [-0.3, -0.25) is 4.79 Å². The van der Waals surface area contributed by atoms with Gasteiger partial charge in [0.15, 0.2) is 0 Å². The van der Waals surface area contributed by atoms with E-state index in [9.17, 15) is 4.79 Å². The molecule has 0 saturated heterocycles. The second kappa shape index (κ2) is 6.44. The predicted molar refractivity (Wildman–Crippen MR) is 82.9 cm³/mol. The van der Waals surface area contributed by atoms with Crippen LogP contribution in [-0.2, 0) is 17.8 Å². The zero-order valence-electron chi connectivity index (χ0n) is 11.3. The van der Waals surface area contributed by atoms with Gasteiger partial charge in [-0.15, -0.1) is 0 Å². The number of halogens is 1. The Balaban J connectivity index is 2.10. The van der Waals surface area contributed by atoms with Crippen LogP contribution >= 0.6 is 11.6 Å². The van der Waals surface area contributed by atoms with E-state index in [2.05, 4.69) is 5.32 Å². The first-order valence-electron chi connectivity index (χ1n) is 6.41. The highest BCUT2D eigenvalue weighted by Gasteiger charge is 2.05. The molecule has 0 aliphatic carbocycles. The SMILES string of the molecule is Cc1ccc(CNc2ccccc2CC(N)=O)cc1Cl. The zero-order chi connectivity index (χ0) is 14.5. The van der Waals surface area contributed by atoms with Crippen LogP contribution in [0, 0.1) is 6.92 Å². The van der Waals surface area contributed by atoms with E-state index in [0.29, 0.717) is 6.54 Å². The van der Waals surface area contributed by atoms with Crippen molar-refractivity contribution in [2.75, 3.05) is 5.32 Å². The Labute approximate surface area is 123 Å². The fourth-order valence-electron chi connectivity index (χ4n) is 1.98. The van der Waals surface area contributed by atoms with Crippen LogP contribution in [0.4, 0.5) is 5.69 Å². The Morgan fingerprint density at radius 1 is 1.25 bits per heavy atom. The van der Waals surface area contributed by atoms with Crippen molar-refractivity contribution in [1.29, 1.82) is 0 Å². The van der Waals surface area contributed by atoms with Crippen molar-refractivity contribution in [3.63, 3.8) is 0 Å². The number of carbonyl (C=O) groups excluding carboxylic acids is 1. The summed E-state index contributed by atoms with van der Waals surface area (Å²) < 4.78 is 0. The molecular formula is C16H17ClN2O. The lowest BCUT2D eigenvalue weighted by Crippen LogP contribution is -2.15. The molecule has 0 heterocycles. The van der Waals surface area contributed by atoms with E-state index in [-0.39, 0.29) is 12.3 Å². The third-order valence-electron chi connectivity index (χ3n) is 3.10. The average molecular weight is 289 g/mol. The van der Waals surface area contributed by atoms with Crippen molar-refractivity contribution >= 4 is 23.2 Å². The molecule has 2 aromatic rings. The second-order valence-corrected chi connectivity index (χ2v) is 5.14. The minimum atomic E-state index is -0.336. The molecule has 3 nitrogen and oxygen atoms in total. The Morgan fingerprint density at radius 2 is 2.00 bits per heavy atom. The van der Waals surface area contributed by atoms with Crippen LogP contribution in [0.3, 0.4) is 0 Å². The van der Waals surface area contributed by atoms with Gasteiger partial charge in [0.2, 0.25) is 5.91 Å². The van der Waals surface area contributed by atoms with Gasteiger partial charge >= 0.3 is 0 Å². The molecule has 2 rings (SSSR count). The van der Waals surface area contributed by atoms with Gasteiger partial charge in [-0.25, -0.2) is 0 Å². The average Bonchev–Trinajstić information content (AvgIpc) is 2.41. The number of nitrogens with two attached hydrogens (primary N) is 1. The standard InChI is InChI=1S/C16H17ClN2O/c1-11-6-7-12(8-14(11)17)10-19-15-5-3-2-4-13(15)9-16(18)20/h2-8,19H,9-10H2,1H3,(H2,18,20). The molecule has 0 aliphatic rings. The van der Waals surface area contributed by atoms with Gasteiger partial charge in [0.1, 0.15) is 0 Å². The lowest BCUT2D eigenvalue weighted by Gasteiger charge is -2.11. The third kappa shape index (κ3) is 3.75. The van der Waals surface area contributed by atoms with Crippen molar-refractivity contribution in [3.8, 4) is 0 Å². The summed E-state index contributed by atoms with van der Waals surface area (Å²) in [5, 5.41) is 4.07. The molecule has 20 heavy (non-hydrogen) atoms. The molecule has 0 unspecified atom stereocenters. The summed E-state index contributed by atoms with van der Waals surface area (Å²) in [4.78, 5) is 11.1. The number of aryl methyl sites for hydroxylation is 1. The van der Waals surface area contributed by atoms with Gasteiger partial charge in [-0.1, -0.05) is 41.9 Å². The van der Waals surface area contributed by atoms with Gasteiger partial charge in [-0.2, -0.15) is 0 Å². The molecule has 0 saturated carbocycles. The number of hydrogen-bond donors (Lipinski definition) is 2. The van der Waals surface area contributed by atoms with E-state index < -0.39 is 0 Å². The van der Waals surface area contributed by atoms with Crippen molar-refractivity contribution in [1.82, 2.24) is 0 Å². The highest BCUT2D eigenvalue weighted by Crippen LogP contribution is 2.19. The summed E-state index contributed by atoms with van der Waals surface area (Å²) in [5.74, 6) is -0.336. The lowest BCUT2D eigenvalue weighted by molar-refractivity contribution is -0.117. The normalized spacial score (nSPS) is 10.3. The van der Waals surface area contributed by atoms with E-state index in [1.807, 2.05) is 49.4 Å². The molecular weight excluding hydrogens is 272 g/mol. The van der Waals surface area contributed by atoms with E-state index in [1.165, 1.54) is 0 Å². The van der Waals surface area contributed by atoms with Crippen LogP contribution in [0.5, 0.6) is 0 Å². The molecule has 1 amide bonds. The van der Waals surface area contributed by atoms with E-state index in [4.69, 9.17) is 17.3 Å². The van der Waals surface area contributed by atoms with Crippen molar-refractivity contribution in [2.45, 2.75) is 19.9 Å². The molecule has 2 aromatic carbocycles. The fourth-order valence-corrected chi connectivity index (χ4v) is 2.18. The number of hydrogen-bond acceptors (Lipinski definition) is 2. The summed E-state index contributed by atoms with van der Waals surface area (Å²) in [6.07, 6.45) is 0.234. The number of carbonyl (C=O) groups is 1. The highest BCUT2D eigenvalue weighted by atomic mass is 35.5. The molecule has 104 valence electrons. The van der Waals surface area contributed by atoms with Crippen LogP contribution < -0.4 is 11.1 Å². The van der Waals surface area contributed by atoms with Gasteiger partial charge in [0, 0.05) is 17.3 Å². The summed E-state index contributed by atoms with van der Waals surface area (Å²) in [5.41, 5.74) is 9.23. The maximum atomic E-state index is 11.1. The summed E-state index contributed by atoms with van der Waals surface area (Å²) in [6, 6.07) is 13.6. The lowest BCUT2D eigenvalue weighted by atomic mass is 10.1. The molecule has 4 heteroatoms. The molecule has 0 aliphatic heterocycles. The summed E-state index contributed by atoms with van der Waals surface area (Å²) in [7, 11) is 0. The smallest absolute Gasteiger partial charge is 0.221 e. The van der Waals surface area contributed by atoms with Crippen molar-refractivity contribution in [3.05, 3.63) is 64.2 Å². The molecule has 0 aromatic heterocycles. The van der Waals surface area contributed by atoms with E-state index in [1.54, 1.807) is 0 Å². The van der Waals surface area contributed by atoms with Gasteiger partial charge < -0.3 is 11.1 Å². The molecule has 0 atom stereocenters. The number of amides is 1.